The van der Waals surface area contributed by atoms with Gasteiger partial charge in [0.2, 0.25) is 0 Å². The first-order chi connectivity index (χ1) is 11.3. The third-order valence-corrected chi connectivity index (χ3v) is 3.44. The number of hydrogen-bond acceptors (Lipinski definition) is 2. The maximum Gasteiger partial charge on any atom is 0.416 e. The van der Waals surface area contributed by atoms with Crippen LogP contribution < -0.4 is 10.6 Å². The second kappa shape index (κ2) is 7.35. The highest BCUT2D eigenvalue weighted by molar-refractivity contribution is 6.39. The average Bonchev–Trinajstić information content (AvgIpc) is 2.53. The van der Waals surface area contributed by atoms with E-state index in [-0.39, 0.29) is 12.2 Å². The first kappa shape index (κ1) is 17.8. The molecule has 0 bridgehead atoms. The van der Waals surface area contributed by atoms with Crippen molar-refractivity contribution >= 4 is 29.1 Å². The molecule has 24 heavy (non-hydrogen) atoms. The Morgan fingerprint density at radius 3 is 2.17 bits per heavy atom. The van der Waals surface area contributed by atoms with Gasteiger partial charge in [-0.2, -0.15) is 13.2 Å². The van der Waals surface area contributed by atoms with Crippen LogP contribution in [0.2, 0.25) is 5.02 Å². The Morgan fingerprint density at radius 1 is 0.958 bits per heavy atom. The molecule has 0 aliphatic heterocycles. The van der Waals surface area contributed by atoms with Gasteiger partial charge in [0.15, 0.2) is 0 Å². The predicted octanol–water partition coefficient (Wildman–Crippen LogP) is 3.61. The summed E-state index contributed by atoms with van der Waals surface area (Å²) < 4.78 is 37.3. The third kappa shape index (κ3) is 4.73. The zero-order chi connectivity index (χ0) is 17.7. The van der Waals surface area contributed by atoms with Gasteiger partial charge in [0.1, 0.15) is 0 Å². The van der Waals surface area contributed by atoms with Crippen molar-refractivity contribution in [1.82, 2.24) is 5.32 Å². The molecule has 0 saturated heterocycles. The summed E-state index contributed by atoms with van der Waals surface area (Å²) in [5.41, 5.74) is -0.126. The summed E-state index contributed by atoms with van der Waals surface area (Å²) in [6.07, 6.45) is -4.46. The number of anilines is 1. The lowest BCUT2D eigenvalue weighted by Crippen LogP contribution is -2.35. The maximum atomic E-state index is 12.4. The van der Waals surface area contributed by atoms with Gasteiger partial charge in [-0.25, -0.2) is 0 Å². The molecule has 2 rings (SSSR count). The van der Waals surface area contributed by atoms with E-state index in [2.05, 4.69) is 10.6 Å². The first-order valence-corrected chi connectivity index (χ1v) is 7.15. The van der Waals surface area contributed by atoms with Crippen molar-refractivity contribution < 1.29 is 22.8 Å². The van der Waals surface area contributed by atoms with E-state index in [4.69, 9.17) is 11.6 Å². The number of alkyl halides is 3. The fraction of sp³-hybridized carbons (Fsp3) is 0.125. The molecule has 0 saturated carbocycles. The third-order valence-electron chi connectivity index (χ3n) is 3.07. The standard InChI is InChI=1S/C16H12ClF3N2O2/c17-13-4-2-1-3-10(13)9-21-14(23)15(24)22-12-7-5-11(6-8-12)16(18,19)20/h1-8H,9H2,(H,21,23)(H,22,24). The van der Waals surface area contributed by atoms with Crippen LogP contribution in [0.15, 0.2) is 48.5 Å². The quantitative estimate of drug-likeness (QED) is 0.825. The smallest absolute Gasteiger partial charge is 0.344 e. The molecule has 2 aromatic rings. The molecule has 0 aliphatic rings. The topological polar surface area (TPSA) is 58.2 Å². The molecule has 4 nitrogen and oxygen atoms in total. The van der Waals surface area contributed by atoms with E-state index >= 15 is 0 Å². The molecule has 0 radical (unpaired) electrons. The SMILES string of the molecule is O=C(NCc1ccccc1Cl)C(=O)Nc1ccc(C(F)(F)F)cc1. The minimum Gasteiger partial charge on any atom is -0.344 e. The number of amides is 2. The molecule has 2 aromatic carbocycles. The van der Waals surface area contributed by atoms with Gasteiger partial charge in [-0.1, -0.05) is 29.8 Å². The summed E-state index contributed by atoms with van der Waals surface area (Å²) in [6.45, 7) is 0.0545. The predicted molar refractivity (Wildman–Crippen MR) is 83.4 cm³/mol. The second-order valence-electron chi connectivity index (χ2n) is 4.80. The largest absolute Gasteiger partial charge is 0.416 e. The number of carbonyl (C=O) groups is 2. The molecule has 0 unspecified atom stereocenters. The Balaban J connectivity index is 1.92. The number of nitrogens with one attached hydrogen (secondary N) is 2. The highest BCUT2D eigenvalue weighted by atomic mass is 35.5. The van der Waals surface area contributed by atoms with Crippen molar-refractivity contribution in [2.75, 3.05) is 5.32 Å². The molecule has 2 N–H and O–H groups in total. The molecule has 0 fully saturated rings. The van der Waals surface area contributed by atoms with Crippen molar-refractivity contribution in [3.63, 3.8) is 0 Å². The van der Waals surface area contributed by atoms with Crippen LogP contribution in [0.25, 0.3) is 0 Å². The lowest BCUT2D eigenvalue weighted by molar-refractivity contribution is -0.137. The lowest BCUT2D eigenvalue weighted by atomic mass is 10.2. The van der Waals surface area contributed by atoms with Crippen LogP contribution in [0.3, 0.4) is 0 Å². The molecule has 8 heteroatoms. The number of rotatable bonds is 3. The van der Waals surface area contributed by atoms with Gasteiger partial charge in [-0.15, -0.1) is 0 Å². The van der Waals surface area contributed by atoms with Gasteiger partial charge in [0, 0.05) is 17.3 Å². The normalized spacial score (nSPS) is 11.0. The van der Waals surface area contributed by atoms with E-state index in [1.165, 1.54) is 0 Å². The zero-order valence-corrected chi connectivity index (χ0v) is 12.9. The van der Waals surface area contributed by atoms with Crippen LogP contribution >= 0.6 is 11.6 Å². The Morgan fingerprint density at radius 2 is 1.58 bits per heavy atom. The minimum absolute atomic E-state index is 0.0545. The molecule has 0 heterocycles. The van der Waals surface area contributed by atoms with Crippen LogP contribution in [-0.4, -0.2) is 11.8 Å². The van der Waals surface area contributed by atoms with E-state index in [1.807, 2.05) is 0 Å². The van der Waals surface area contributed by atoms with Crippen LogP contribution in [0.4, 0.5) is 18.9 Å². The monoisotopic (exact) mass is 356 g/mol. The Hall–Kier alpha value is -2.54. The van der Waals surface area contributed by atoms with Gasteiger partial charge in [-0.3, -0.25) is 9.59 Å². The highest BCUT2D eigenvalue weighted by Crippen LogP contribution is 2.29. The molecule has 0 atom stereocenters. The Labute approximate surface area is 140 Å². The average molecular weight is 357 g/mol. The van der Waals surface area contributed by atoms with Gasteiger partial charge in [0.25, 0.3) is 0 Å². The summed E-state index contributed by atoms with van der Waals surface area (Å²) in [4.78, 5) is 23.4. The van der Waals surface area contributed by atoms with Gasteiger partial charge < -0.3 is 10.6 Å². The second-order valence-corrected chi connectivity index (χ2v) is 5.21. The van der Waals surface area contributed by atoms with Crippen molar-refractivity contribution in [3.05, 3.63) is 64.7 Å². The number of hydrogen-bond donors (Lipinski definition) is 2. The molecule has 0 spiro atoms. The van der Waals surface area contributed by atoms with E-state index in [9.17, 15) is 22.8 Å². The number of carbonyl (C=O) groups excluding carboxylic acids is 2. The summed E-state index contributed by atoms with van der Waals surface area (Å²) in [5.74, 6) is -1.91. The van der Waals surface area contributed by atoms with Crippen LogP contribution in [0, 0.1) is 0 Å². The van der Waals surface area contributed by atoms with Gasteiger partial charge in [0.05, 0.1) is 5.56 Å². The fourth-order valence-corrected chi connectivity index (χ4v) is 2.03. The number of benzene rings is 2. The summed E-state index contributed by atoms with van der Waals surface area (Å²) in [6, 6.07) is 10.6. The van der Waals surface area contributed by atoms with Crippen molar-refractivity contribution in [3.8, 4) is 0 Å². The van der Waals surface area contributed by atoms with Crippen LogP contribution in [0.5, 0.6) is 0 Å². The Kier molecular flexibility index (Phi) is 5.46. The fourth-order valence-electron chi connectivity index (χ4n) is 1.83. The molecule has 0 aromatic heterocycles. The highest BCUT2D eigenvalue weighted by Gasteiger charge is 2.30. The molecular weight excluding hydrogens is 345 g/mol. The summed E-state index contributed by atoms with van der Waals surface area (Å²) >= 11 is 5.92. The van der Waals surface area contributed by atoms with E-state index in [0.29, 0.717) is 10.6 Å². The van der Waals surface area contributed by atoms with E-state index < -0.39 is 23.6 Å². The molecular formula is C16H12ClF3N2O2. The molecule has 126 valence electrons. The minimum atomic E-state index is -4.46. The maximum absolute atomic E-state index is 12.4. The molecule has 0 aliphatic carbocycles. The van der Waals surface area contributed by atoms with E-state index in [1.54, 1.807) is 24.3 Å². The van der Waals surface area contributed by atoms with Gasteiger partial charge >= 0.3 is 18.0 Å². The van der Waals surface area contributed by atoms with Crippen molar-refractivity contribution in [2.45, 2.75) is 12.7 Å². The van der Waals surface area contributed by atoms with Crippen molar-refractivity contribution in [1.29, 1.82) is 0 Å². The van der Waals surface area contributed by atoms with Crippen LogP contribution in [0.1, 0.15) is 11.1 Å². The summed E-state index contributed by atoms with van der Waals surface area (Å²) in [7, 11) is 0. The Bertz CT molecular complexity index is 746. The lowest BCUT2D eigenvalue weighted by Gasteiger charge is -2.09. The first-order valence-electron chi connectivity index (χ1n) is 6.77. The van der Waals surface area contributed by atoms with E-state index in [0.717, 1.165) is 24.3 Å². The zero-order valence-electron chi connectivity index (χ0n) is 12.2. The summed E-state index contributed by atoms with van der Waals surface area (Å²) in [5, 5.41) is 5.05. The van der Waals surface area contributed by atoms with Crippen LogP contribution in [-0.2, 0) is 22.3 Å². The van der Waals surface area contributed by atoms with Gasteiger partial charge in [-0.05, 0) is 35.9 Å². The number of halogens is 4. The molecule has 2 amide bonds. The van der Waals surface area contributed by atoms with Crippen molar-refractivity contribution in [2.24, 2.45) is 0 Å².